The van der Waals surface area contributed by atoms with E-state index in [0.717, 1.165) is 81.6 Å². The van der Waals surface area contributed by atoms with Crippen LogP contribution in [0.3, 0.4) is 0 Å². The molecule has 4 amide bonds. The third-order valence-electron chi connectivity index (χ3n) is 6.83. The maximum Gasteiger partial charge on any atom is 0.330 e. The molecule has 0 bridgehead atoms. The molecular weight excluding hydrogens is 646 g/mol. The van der Waals surface area contributed by atoms with Crippen molar-refractivity contribution in [1.29, 1.82) is 0 Å². The predicted octanol–water partition coefficient (Wildman–Crippen LogP) is 4.83. The minimum Gasteiger partial charge on any atom is -0.467 e. The quantitative estimate of drug-likeness (QED) is 0.0627. The number of nitrogens with zero attached hydrogens (tertiary/aromatic N) is 1. The van der Waals surface area contributed by atoms with E-state index in [9.17, 15) is 28.8 Å². The van der Waals surface area contributed by atoms with E-state index in [1.54, 1.807) is 0 Å². The van der Waals surface area contributed by atoms with E-state index in [1.807, 2.05) is 12.2 Å². The summed E-state index contributed by atoms with van der Waals surface area (Å²) in [5, 5.41) is 4.40. The molecule has 49 heavy (non-hydrogen) atoms. The number of rotatable bonds is 24. The summed E-state index contributed by atoms with van der Waals surface area (Å²) < 4.78 is 9.13. The van der Waals surface area contributed by atoms with Crippen LogP contribution in [0.4, 0.5) is 0 Å². The Hall–Kier alpha value is -4.45. The molecule has 12 heteroatoms. The number of nitrogens with one attached hydrogen (secondary N) is 2. The summed E-state index contributed by atoms with van der Waals surface area (Å²) in [5.41, 5.74) is 0. The Kier molecular flexibility index (Phi) is 23.9. The summed E-state index contributed by atoms with van der Waals surface area (Å²) in [7, 11) is 2.31. The highest BCUT2D eigenvalue weighted by atomic mass is 32.2. The topological polar surface area (TPSA) is 148 Å². The van der Waals surface area contributed by atoms with E-state index < -0.39 is 35.0 Å². The summed E-state index contributed by atoms with van der Waals surface area (Å²) in [4.78, 5) is 73.9. The van der Waals surface area contributed by atoms with Gasteiger partial charge in [0.25, 0.3) is 0 Å². The largest absolute Gasteiger partial charge is 0.467 e. The zero-order valence-corrected chi connectivity index (χ0v) is 29.7. The van der Waals surface area contributed by atoms with Gasteiger partial charge >= 0.3 is 11.9 Å². The van der Waals surface area contributed by atoms with Crippen molar-refractivity contribution >= 4 is 47.3 Å². The monoisotopic (exact) mass is 697 g/mol. The first kappa shape index (κ1) is 42.6. The Morgan fingerprint density at radius 1 is 0.816 bits per heavy atom. The van der Waals surface area contributed by atoms with Crippen molar-refractivity contribution in [2.45, 2.75) is 76.0 Å². The molecule has 0 aliphatic carbocycles. The molecule has 2 atom stereocenters. The summed E-state index contributed by atoms with van der Waals surface area (Å²) in [6, 6.07) is -1.11. The minimum atomic E-state index is -1.11. The number of esters is 2. The first-order valence-electron chi connectivity index (χ1n) is 16.5. The van der Waals surface area contributed by atoms with Gasteiger partial charge in [-0.2, -0.15) is 0 Å². The number of carbonyl (C=O) groups excluding carboxylic acids is 6. The summed E-state index contributed by atoms with van der Waals surface area (Å²) in [6.45, 7) is 2.30. The van der Waals surface area contributed by atoms with Crippen molar-refractivity contribution in [2.24, 2.45) is 0 Å². The number of hydrogen-bond acceptors (Lipinski definition) is 9. The fourth-order valence-electron chi connectivity index (χ4n) is 4.22. The number of methoxy groups -OCH3 is 2. The molecule has 1 aliphatic rings. The van der Waals surface area contributed by atoms with Crippen LogP contribution >= 0.6 is 11.8 Å². The lowest BCUT2D eigenvalue weighted by Gasteiger charge is -2.18. The number of allylic oxidation sites excluding steroid dienone is 12. The molecule has 0 radical (unpaired) electrons. The van der Waals surface area contributed by atoms with Gasteiger partial charge in [0.1, 0.15) is 6.04 Å². The lowest BCUT2D eigenvalue weighted by Crippen LogP contribution is -2.43. The number of hydrogen-bond donors (Lipinski definition) is 2. The standard InChI is InChI=1S/C37H51N3O8S/c1-4-5-6-7-8-9-10-11-12-13-14-15-16-17-18-19-20-21-22-23-32(41)38-26-27-40-34(43)28-31(36(40)45)49-29-30(37(46)48-3)39-33(42)24-25-35(44)47-2/h5-6,8-9,11-12,14-15,17-18,20-21,24-25,30-31H,4,7,10,13,16,19,22-23,26-29H2,1-3H3,(H,38,41)(H,39,42)/t30-,31?/m0/s1. The number of likely N-dealkylation sites (tertiary alicyclic amines) is 1. The van der Waals surface area contributed by atoms with E-state index in [-0.39, 0.29) is 43.5 Å². The molecule has 1 fully saturated rings. The molecule has 1 heterocycles. The average molecular weight is 698 g/mol. The molecule has 268 valence electrons. The van der Waals surface area contributed by atoms with Gasteiger partial charge in [0, 0.05) is 43.8 Å². The Morgan fingerprint density at radius 2 is 1.37 bits per heavy atom. The van der Waals surface area contributed by atoms with Crippen LogP contribution in [0, 0.1) is 0 Å². The van der Waals surface area contributed by atoms with E-state index in [0.29, 0.717) is 6.42 Å². The summed E-state index contributed by atoms with van der Waals surface area (Å²) in [5.74, 6) is -3.23. The van der Waals surface area contributed by atoms with Crippen LogP contribution in [0.5, 0.6) is 0 Å². The van der Waals surface area contributed by atoms with Crippen molar-refractivity contribution in [3.05, 3.63) is 85.1 Å². The van der Waals surface area contributed by atoms with Gasteiger partial charge in [0.05, 0.1) is 19.5 Å². The molecule has 0 spiro atoms. The molecule has 1 rings (SSSR count). The van der Waals surface area contributed by atoms with Crippen molar-refractivity contribution < 1.29 is 38.2 Å². The number of ether oxygens (including phenoxy) is 2. The molecule has 0 aromatic rings. The fourth-order valence-corrected chi connectivity index (χ4v) is 5.40. The SMILES string of the molecule is CCC=CCC=CCC=CCC=CCC=CCC=CCCC(=O)NCCN1C(=O)CC(SC[C@H](NC(=O)C=CC(=O)OC)C(=O)OC)C1=O. The smallest absolute Gasteiger partial charge is 0.330 e. The summed E-state index contributed by atoms with van der Waals surface area (Å²) >= 11 is 1.04. The number of imide groups is 1. The Morgan fingerprint density at radius 3 is 1.90 bits per heavy atom. The first-order chi connectivity index (χ1) is 23.7. The number of thioether (sulfide) groups is 1. The van der Waals surface area contributed by atoms with Gasteiger partial charge < -0.3 is 20.1 Å². The lowest BCUT2D eigenvalue weighted by atomic mass is 10.2. The molecule has 1 saturated heterocycles. The van der Waals surface area contributed by atoms with Gasteiger partial charge in [-0.05, 0) is 44.9 Å². The molecule has 0 aromatic carbocycles. The molecule has 0 saturated carbocycles. The van der Waals surface area contributed by atoms with Crippen LogP contribution in [0.1, 0.15) is 64.7 Å². The van der Waals surface area contributed by atoms with Gasteiger partial charge in [-0.25, -0.2) is 9.59 Å². The number of amides is 4. The molecule has 11 nitrogen and oxygen atoms in total. The van der Waals surface area contributed by atoms with Gasteiger partial charge in [0.2, 0.25) is 23.6 Å². The Balaban J connectivity index is 2.26. The van der Waals surface area contributed by atoms with E-state index in [1.165, 1.54) is 0 Å². The van der Waals surface area contributed by atoms with E-state index in [4.69, 9.17) is 4.74 Å². The van der Waals surface area contributed by atoms with Crippen LogP contribution in [0.15, 0.2) is 85.1 Å². The van der Waals surface area contributed by atoms with Gasteiger partial charge in [-0.3, -0.25) is 24.1 Å². The van der Waals surface area contributed by atoms with Gasteiger partial charge in [-0.15, -0.1) is 11.8 Å². The van der Waals surface area contributed by atoms with Gasteiger partial charge in [0.15, 0.2) is 0 Å². The van der Waals surface area contributed by atoms with Crippen molar-refractivity contribution in [2.75, 3.05) is 33.1 Å². The predicted molar refractivity (Wildman–Crippen MR) is 193 cm³/mol. The van der Waals surface area contributed by atoms with E-state index in [2.05, 4.69) is 83.1 Å². The molecule has 2 N–H and O–H groups in total. The third-order valence-corrected chi connectivity index (χ3v) is 8.13. The van der Waals surface area contributed by atoms with Crippen LogP contribution in [-0.4, -0.2) is 84.8 Å². The van der Waals surface area contributed by atoms with Crippen molar-refractivity contribution in [3.63, 3.8) is 0 Å². The second kappa shape index (κ2) is 27.5. The Labute approximate surface area is 294 Å². The zero-order valence-electron chi connectivity index (χ0n) is 28.8. The second-order valence-electron chi connectivity index (χ2n) is 10.7. The van der Waals surface area contributed by atoms with E-state index >= 15 is 0 Å². The highest BCUT2D eigenvalue weighted by Gasteiger charge is 2.39. The maximum atomic E-state index is 12.8. The fraction of sp³-hybridized carbons (Fsp3) is 0.459. The highest BCUT2D eigenvalue weighted by molar-refractivity contribution is 8.00. The second-order valence-corrected chi connectivity index (χ2v) is 11.9. The third kappa shape index (κ3) is 20.5. The Bertz CT molecular complexity index is 1280. The lowest BCUT2D eigenvalue weighted by molar-refractivity contribution is -0.144. The van der Waals surface area contributed by atoms with Crippen molar-refractivity contribution in [1.82, 2.24) is 15.5 Å². The van der Waals surface area contributed by atoms with Crippen LogP contribution in [0.2, 0.25) is 0 Å². The molecule has 1 unspecified atom stereocenters. The molecule has 1 aliphatic heterocycles. The highest BCUT2D eigenvalue weighted by Crippen LogP contribution is 2.25. The normalized spacial score (nSPS) is 16.1. The molecular formula is C37H51N3O8S. The van der Waals surface area contributed by atoms with Crippen molar-refractivity contribution in [3.8, 4) is 0 Å². The van der Waals surface area contributed by atoms with Crippen LogP contribution < -0.4 is 10.6 Å². The maximum absolute atomic E-state index is 12.8. The van der Waals surface area contributed by atoms with Crippen LogP contribution in [0.25, 0.3) is 0 Å². The summed E-state index contributed by atoms with van der Waals surface area (Å²) in [6.07, 6.45) is 33.7. The zero-order chi connectivity index (χ0) is 36.1. The average Bonchev–Trinajstić information content (AvgIpc) is 3.37. The first-order valence-corrected chi connectivity index (χ1v) is 17.5. The molecule has 0 aromatic heterocycles. The number of carbonyl (C=O) groups is 6. The van der Waals surface area contributed by atoms with Crippen LogP contribution in [-0.2, 0) is 38.2 Å². The minimum absolute atomic E-state index is 0.0344. The van der Waals surface area contributed by atoms with Gasteiger partial charge in [-0.1, -0.05) is 79.8 Å².